The van der Waals surface area contributed by atoms with Gasteiger partial charge < -0.3 is 25.4 Å². The van der Waals surface area contributed by atoms with Gasteiger partial charge in [-0.15, -0.1) is 0 Å². The minimum atomic E-state index is -0.681. The molecule has 14 heteroatoms. The minimum Gasteiger partial charge on any atom is -0.371 e. The monoisotopic (exact) mass is 809 g/mol. The van der Waals surface area contributed by atoms with Gasteiger partial charge in [0.1, 0.15) is 6.04 Å². The van der Waals surface area contributed by atoms with Gasteiger partial charge in [0, 0.05) is 108 Å². The number of piperazine rings is 1. The smallest absolute Gasteiger partial charge is 0.255 e. The summed E-state index contributed by atoms with van der Waals surface area (Å²) in [4.78, 5) is 80.4. The predicted molar refractivity (Wildman–Crippen MR) is 228 cm³/mol. The molecule has 0 radical (unpaired) electrons. The van der Waals surface area contributed by atoms with Gasteiger partial charge in [0.2, 0.25) is 17.7 Å². The summed E-state index contributed by atoms with van der Waals surface area (Å²) in [7, 11) is 0. The van der Waals surface area contributed by atoms with Crippen molar-refractivity contribution < 1.29 is 24.0 Å². The van der Waals surface area contributed by atoms with Gasteiger partial charge in [-0.3, -0.25) is 39.1 Å². The highest BCUT2D eigenvalue weighted by Gasteiger charge is 2.42. The first-order valence-corrected chi connectivity index (χ1v) is 21.2. The summed E-state index contributed by atoms with van der Waals surface area (Å²) in [6, 6.07) is 15.1. The summed E-state index contributed by atoms with van der Waals surface area (Å²) in [6.07, 6.45) is 3.43. The Labute approximate surface area is 349 Å². The Kier molecular flexibility index (Phi) is 10.2. The Morgan fingerprint density at radius 3 is 2.47 bits per heavy atom. The minimum absolute atomic E-state index is 0.0461. The molecule has 3 fully saturated rings. The standard InChI is InChI=1S/C46H51N9O5/c1-5-27-21-32-34(46(2,3)43-41(42(32)58)31-10-9-28(47-4)22-36(31)50-43)23-38(27)54-15-13-29(14-16-54)53-19-17-52(18-20-53)25-40(57)49-26-48-35-8-6-7-30-33(35)24-55(45(30)60)37-11-12-39(56)51-44(37)59/h6-10,21-23,29,37,48,50H,5,11-20,24-26H2,1-3H3,(H,49,57)(H,51,56,59). The van der Waals surface area contributed by atoms with E-state index in [4.69, 9.17) is 6.57 Å². The predicted octanol–water partition coefficient (Wildman–Crippen LogP) is 4.68. The highest BCUT2D eigenvalue weighted by Crippen LogP contribution is 2.46. The van der Waals surface area contributed by atoms with Crippen LogP contribution in [0.3, 0.4) is 0 Å². The van der Waals surface area contributed by atoms with Crippen LogP contribution in [0, 0.1) is 6.57 Å². The van der Waals surface area contributed by atoms with Crippen LogP contribution < -0.4 is 20.9 Å². The summed E-state index contributed by atoms with van der Waals surface area (Å²) in [5.74, 6) is -1.02. The van der Waals surface area contributed by atoms with Crippen molar-refractivity contribution in [3.63, 3.8) is 0 Å². The van der Waals surface area contributed by atoms with Crippen molar-refractivity contribution in [3.05, 3.63) is 99.0 Å². The molecule has 5 aliphatic rings. The number of H-pyrrole nitrogens is 1. The number of aromatic amines is 1. The lowest BCUT2D eigenvalue weighted by Crippen LogP contribution is -2.54. The van der Waals surface area contributed by atoms with Crippen molar-refractivity contribution in [2.24, 2.45) is 0 Å². The summed E-state index contributed by atoms with van der Waals surface area (Å²) in [6.45, 7) is 20.1. The molecule has 3 aromatic carbocycles. The molecule has 1 unspecified atom stereocenters. The Balaban J connectivity index is 0.765. The second-order valence-corrected chi connectivity index (χ2v) is 17.3. The first kappa shape index (κ1) is 39.4. The molecule has 1 aromatic heterocycles. The number of hydrogen-bond donors (Lipinski definition) is 4. The molecule has 60 heavy (non-hydrogen) atoms. The fourth-order valence-electron chi connectivity index (χ4n) is 10.2. The van der Waals surface area contributed by atoms with E-state index >= 15 is 0 Å². The van der Waals surface area contributed by atoms with Gasteiger partial charge in [-0.2, -0.15) is 0 Å². The van der Waals surface area contributed by atoms with Crippen LogP contribution in [0.5, 0.6) is 0 Å². The molecule has 310 valence electrons. The number of nitrogens with zero attached hydrogens (tertiary/aromatic N) is 5. The van der Waals surface area contributed by atoms with Gasteiger partial charge in [0.15, 0.2) is 11.5 Å². The number of carbonyl (C=O) groups excluding carboxylic acids is 5. The number of rotatable bonds is 9. The molecule has 9 rings (SSSR count). The fraction of sp³-hybridized carbons (Fsp3) is 0.435. The molecule has 1 atom stereocenters. The Bertz CT molecular complexity index is 2480. The van der Waals surface area contributed by atoms with Crippen LogP contribution in [-0.4, -0.2) is 114 Å². The van der Waals surface area contributed by atoms with Crippen molar-refractivity contribution in [1.29, 1.82) is 0 Å². The van der Waals surface area contributed by atoms with E-state index in [9.17, 15) is 24.0 Å². The molecular formula is C46H51N9O5. The van der Waals surface area contributed by atoms with E-state index < -0.39 is 17.4 Å². The van der Waals surface area contributed by atoms with Crippen molar-refractivity contribution >= 4 is 57.4 Å². The zero-order valence-electron chi connectivity index (χ0n) is 34.5. The van der Waals surface area contributed by atoms with Crippen molar-refractivity contribution in [2.75, 3.05) is 62.7 Å². The Hall–Kier alpha value is -6.04. The van der Waals surface area contributed by atoms with Crippen LogP contribution in [0.25, 0.3) is 15.7 Å². The number of imide groups is 1. The lowest BCUT2D eigenvalue weighted by molar-refractivity contribution is -0.137. The molecule has 1 aliphatic carbocycles. The molecule has 0 saturated carbocycles. The molecule has 0 bridgehead atoms. The third kappa shape index (κ3) is 6.89. The third-order valence-electron chi connectivity index (χ3n) is 13.5. The maximum Gasteiger partial charge on any atom is 0.255 e. The maximum absolute atomic E-state index is 14.1. The van der Waals surface area contributed by atoms with Crippen molar-refractivity contribution in [2.45, 2.75) is 76.9 Å². The molecule has 4 aliphatic heterocycles. The zero-order chi connectivity index (χ0) is 41.9. The molecule has 14 nitrogen and oxygen atoms in total. The van der Waals surface area contributed by atoms with Gasteiger partial charge >= 0.3 is 0 Å². The number of ketones is 1. The van der Waals surface area contributed by atoms with E-state index in [2.05, 4.69) is 73.4 Å². The van der Waals surface area contributed by atoms with Crippen LogP contribution in [0.4, 0.5) is 17.1 Å². The van der Waals surface area contributed by atoms with Crippen molar-refractivity contribution in [3.8, 4) is 0 Å². The summed E-state index contributed by atoms with van der Waals surface area (Å²) in [5.41, 5.74) is 8.85. The van der Waals surface area contributed by atoms with E-state index in [1.807, 2.05) is 18.2 Å². The van der Waals surface area contributed by atoms with Crippen LogP contribution in [0.2, 0.25) is 0 Å². The Morgan fingerprint density at radius 2 is 1.73 bits per heavy atom. The zero-order valence-corrected chi connectivity index (χ0v) is 34.5. The highest BCUT2D eigenvalue weighted by molar-refractivity contribution is 6.20. The number of benzene rings is 3. The first-order chi connectivity index (χ1) is 28.9. The van der Waals surface area contributed by atoms with E-state index in [1.54, 1.807) is 18.2 Å². The normalized spacial score (nSPS) is 20.7. The molecule has 4 N–H and O–H groups in total. The number of anilines is 2. The highest BCUT2D eigenvalue weighted by atomic mass is 16.2. The second-order valence-electron chi connectivity index (χ2n) is 17.3. The lowest BCUT2D eigenvalue weighted by atomic mass is 9.70. The van der Waals surface area contributed by atoms with Crippen LogP contribution in [-0.2, 0) is 32.8 Å². The number of aromatic nitrogens is 1. The molecule has 4 aromatic rings. The van der Waals surface area contributed by atoms with Crippen molar-refractivity contribution in [1.82, 2.24) is 30.3 Å². The van der Waals surface area contributed by atoms with Gasteiger partial charge in [0.05, 0.1) is 25.3 Å². The van der Waals surface area contributed by atoms with Gasteiger partial charge in [-0.25, -0.2) is 4.85 Å². The molecule has 4 amide bonds. The molecule has 3 saturated heterocycles. The summed E-state index contributed by atoms with van der Waals surface area (Å²) >= 11 is 0. The van der Waals surface area contributed by atoms with E-state index in [-0.39, 0.29) is 43.1 Å². The van der Waals surface area contributed by atoms with Gasteiger partial charge in [0.25, 0.3) is 5.91 Å². The molecule has 0 spiro atoms. The van der Waals surface area contributed by atoms with Gasteiger partial charge in [-0.1, -0.05) is 39.0 Å². The topological polar surface area (TPSA) is 155 Å². The van der Waals surface area contributed by atoms with E-state index in [1.165, 1.54) is 16.2 Å². The van der Waals surface area contributed by atoms with E-state index in [0.29, 0.717) is 30.3 Å². The number of amides is 4. The van der Waals surface area contributed by atoms with Crippen LogP contribution in [0.15, 0.2) is 48.5 Å². The molecule has 5 heterocycles. The fourth-order valence-corrected chi connectivity index (χ4v) is 10.2. The number of aryl methyl sites for hydroxylation is 1. The number of fused-ring (bicyclic) bond motifs is 5. The first-order valence-electron chi connectivity index (χ1n) is 21.2. The average Bonchev–Trinajstić information content (AvgIpc) is 3.81. The van der Waals surface area contributed by atoms with Gasteiger partial charge in [-0.05, 0) is 67.1 Å². The number of carbonyl (C=O) groups is 5. The quantitative estimate of drug-likeness (QED) is 0.107. The van der Waals surface area contributed by atoms with E-state index in [0.717, 1.165) is 103 Å². The SMILES string of the molecule is [C-]#[N+]c1ccc2c3c([nH]c2c1)C(C)(C)c1cc(N2CCC(N4CCN(CC(=O)NCNc5cccc6c5CN(C5CCC(=O)NC5=O)C6=O)CC4)CC2)c(CC)cc1C3=O. The average molecular weight is 810 g/mol. The third-order valence-corrected chi connectivity index (χ3v) is 13.5. The maximum atomic E-state index is 14.1. The largest absolute Gasteiger partial charge is 0.371 e. The number of hydrogen-bond acceptors (Lipinski definition) is 9. The number of piperidine rings is 2. The summed E-state index contributed by atoms with van der Waals surface area (Å²) < 4.78 is 0. The second kappa shape index (κ2) is 15.5. The summed E-state index contributed by atoms with van der Waals surface area (Å²) in [5, 5.41) is 9.44. The Morgan fingerprint density at radius 1 is 0.950 bits per heavy atom. The van der Waals surface area contributed by atoms with Crippen LogP contribution >= 0.6 is 0 Å². The van der Waals surface area contributed by atoms with Crippen LogP contribution in [0.1, 0.15) is 95.1 Å². The number of nitrogens with one attached hydrogen (secondary N) is 4. The lowest BCUT2D eigenvalue weighted by Gasteiger charge is -2.44. The molecular weight excluding hydrogens is 759 g/mol.